The summed E-state index contributed by atoms with van der Waals surface area (Å²) in [5, 5.41) is 8.87. The van der Waals surface area contributed by atoms with Crippen molar-refractivity contribution in [3.8, 4) is 0 Å². The third-order valence-electron chi connectivity index (χ3n) is 3.05. The third kappa shape index (κ3) is 3.42. The second-order valence-corrected chi connectivity index (χ2v) is 6.03. The first-order valence-corrected chi connectivity index (χ1v) is 7.34. The molecule has 0 radical (unpaired) electrons. The molecule has 1 aromatic heterocycles. The van der Waals surface area contributed by atoms with E-state index in [2.05, 4.69) is 9.71 Å². The van der Waals surface area contributed by atoms with Crippen molar-refractivity contribution in [2.45, 2.75) is 12.8 Å². The molecule has 2 N–H and O–H groups in total. The fraction of sp³-hybridized carbons (Fsp3) is 0.455. The number of aliphatic carboxylic acids is 1. The molecule has 0 unspecified atom stereocenters. The standard InChI is InChI=1S/C11H15N3O4S/c15-11(16)9-3-6-14(7-4-9)19(17,18)13-10-2-1-5-12-8-10/h1-2,5,8-9,13H,3-4,6-7H2,(H,15,16). The van der Waals surface area contributed by atoms with Gasteiger partial charge in [0.15, 0.2) is 0 Å². The number of aromatic nitrogens is 1. The van der Waals surface area contributed by atoms with Gasteiger partial charge in [0.2, 0.25) is 0 Å². The summed E-state index contributed by atoms with van der Waals surface area (Å²) in [6.07, 6.45) is 3.64. The summed E-state index contributed by atoms with van der Waals surface area (Å²) in [4.78, 5) is 14.6. The van der Waals surface area contributed by atoms with Crippen molar-refractivity contribution in [3.63, 3.8) is 0 Å². The van der Waals surface area contributed by atoms with Crippen molar-refractivity contribution in [1.82, 2.24) is 9.29 Å². The zero-order valence-electron chi connectivity index (χ0n) is 10.2. The summed E-state index contributed by atoms with van der Waals surface area (Å²) in [7, 11) is -3.64. The molecule has 0 atom stereocenters. The van der Waals surface area contributed by atoms with Crippen LogP contribution in [0.3, 0.4) is 0 Å². The lowest BCUT2D eigenvalue weighted by molar-refractivity contribution is -0.142. The van der Waals surface area contributed by atoms with Gasteiger partial charge in [-0.05, 0) is 25.0 Å². The molecule has 1 aliphatic heterocycles. The molecule has 0 aliphatic carbocycles. The first kappa shape index (κ1) is 13.8. The molecule has 1 fully saturated rings. The summed E-state index contributed by atoms with van der Waals surface area (Å²) in [5.74, 6) is -1.32. The number of hydrogen-bond acceptors (Lipinski definition) is 4. The molecule has 2 heterocycles. The quantitative estimate of drug-likeness (QED) is 0.841. The van der Waals surface area contributed by atoms with Gasteiger partial charge in [0.1, 0.15) is 0 Å². The van der Waals surface area contributed by atoms with Gasteiger partial charge in [0.05, 0.1) is 17.8 Å². The van der Waals surface area contributed by atoms with E-state index in [4.69, 9.17) is 5.11 Å². The van der Waals surface area contributed by atoms with Crippen molar-refractivity contribution in [2.24, 2.45) is 5.92 Å². The van der Waals surface area contributed by atoms with Crippen LogP contribution in [0.2, 0.25) is 0 Å². The fourth-order valence-electron chi connectivity index (χ4n) is 1.98. The molecule has 1 saturated heterocycles. The Balaban J connectivity index is 2.00. The highest BCUT2D eigenvalue weighted by Crippen LogP contribution is 2.20. The number of carbonyl (C=O) groups is 1. The highest BCUT2D eigenvalue weighted by molar-refractivity contribution is 7.90. The maximum absolute atomic E-state index is 12.1. The largest absolute Gasteiger partial charge is 0.481 e. The number of hydrogen-bond donors (Lipinski definition) is 2. The molecule has 0 bridgehead atoms. The average molecular weight is 285 g/mol. The van der Waals surface area contributed by atoms with Gasteiger partial charge in [-0.1, -0.05) is 0 Å². The number of rotatable bonds is 4. The van der Waals surface area contributed by atoms with Gasteiger partial charge >= 0.3 is 16.2 Å². The summed E-state index contributed by atoms with van der Waals surface area (Å²) in [6, 6.07) is 3.24. The van der Waals surface area contributed by atoms with Crippen LogP contribution in [-0.2, 0) is 15.0 Å². The maximum Gasteiger partial charge on any atom is 0.306 e. The third-order valence-corrected chi connectivity index (χ3v) is 4.59. The molecule has 104 valence electrons. The molecule has 2 rings (SSSR count). The average Bonchev–Trinajstić information content (AvgIpc) is 2.39. The maximum atomic E-state index is 12.1. The number of carboxylic acid groups (broad SMARTS) is 1. The van der Waals surface area contributed by atoms with Gasteiger partial charge in [0.25, 0.3) is 0 Å². The van der Waals surface area contributed by atoms with Crippen molar-refractivity contribution in [2.75, 3.05) is 17.8 Å². The Hall–Kier alpha value is -1.67. The Bertz CT molecular complexity index is 538. The van der Waals surface area contributed by atoms with E-state index in [0.29, 0.717) is 18.5 Å². The van der Waals surface area contributed by atoms with Crippen molar-refractivity contribution in [3.05, 3.63) is 24.5 Å². The van der Waals surface area contributed by atoms with E-state index < -0.39 is 22.1 Å². The minimum Gasteiger partial charge on any atom is -0.481 e. The highest BCUT2D eigenvalue weighted by Gasteiger charge is 2.30. The van der Waals surface area contributed by atoms with Crippen LogP contribution in [-0.4, -0.2) is 41.9 Å². The number of nitrogens with one attached hydrogen (secondary N) is 1. The topological polar surface area (TPSA) is 99.6 Å². The lowest BCUT2D eigenvalue weighted by atomic mass is 9.99. The smallest absolute Gasteiger partial charge is 0.306 e. The monoisotopic (exact) mass is 285 g/mol. The molecule has 0 spiro atoms. The summed E-state index contributed by atoms with van der Waals surface area (Å²) >= 11 is 0. The summed E-state index contributed by atoms with van der Waals surface area (Å²) < 4.78 is 27.8. The predicted octanol–water partition coefficient (Wildman–Crippen LogP) is 0.535. The van der Waals surface area contributed by atoms with E-state index in [1.165, 1.54) is 10.5 Å². The van der Waals surface area contributed by atoms with Crippen LogP contribution >= 0.6 is 0 Å². The van der Waals surface area contributed by atoms with Crippen LogP contribution in [0.1, 0.15) is 12.8 Å². The Labute approximate surface area is 111 Å². The number of carboxylic acids is 1. The molecule has 7 nitrogen and oxygen atoms in total. The lowest BCUT2D eigenvalue weighted by Crippen LogP contribution is -2.42. The molecule has 8 heteroatoms. The first-order chi connectivity index (χ1) is 8.99. The zero-order valence-corrected chi connectivity index (χ0v) is 11.0. The minimum absolute atomic E-state index is 0.215. The Kier molecular flexibility index (Phi) is 4.01. The van der Waals surface area contributed by atoms with Crippen molar-refractivity contribution >= 4 is 21.9 Å². The van der Waals surface area contributed by atoms with Gasteiger partial charge in [-0.25, -0.2) is 0 Å². The van der Waals surface area contributed by atoms with E-state index in [-0.39, 0.29) is 13.1 Å². The van der Waals surface area contributed by atoms with Crippen LogP contribution in [0.5, 0.6) is 0 Å². The number of nitrogens with zero attached hydrogens (tertiary/aromatic N) is 2. The van der Waals surface area contributed by atoms with Crippen molar-refractivity contribution in [1.29, 1.82) is 0 Å². The molecule has 0 amide bonds. The number of anilines is 1. The first-order valence-electron chi connectivity index (χ1n) is 5.90. The Morgan fingerprint density at radius 1 is 1.42 bits per heavy atom. The van der Waals surface area contributed by atoms with Gasteiger partial charge < -0.3 is 5.11 Å². The van der Waals surface area contributed by atoms with E-state index in [1.54, 1.807) is 18.3 Å². The second kappa shape index (κ2) is 5.54. The molecule has 1 aliphatic rings. The highest BCUT2D eigenvalue weighted by atomic mass is 32.2. The van der Waals surface area contributed by atoms with E-state index >= 15 is 0 Å². The minimum atomic E-state index is -3.64. The SMILES string of the molecule is O=C(O)C1CCN(S(=O)(=O)Nc2cccnc2)CC1. The van der Waals surface area contributed by atoms with Crippen LogP contribution in [0.15, 0.2) is 24.5 Å². The Morgan fingerprint density at radius 3 is 2.63 bits per heavy atom. The molecule has 19 heavy (non-hydrogen) atoms. The normalized spacial score (nSPS) is 18.1. The Morgan fingerprint density at radius 2 is 2.11 bits per heavy atom. The van der Waals surface area contributed by atoms with Crippen LogP contribution in [0.25, 0.3) is 0 Å². The summed E-state index contributed by atoms with van der Waals surface area (Å²) in [5.41, 5.74) is 0.392. The van der Waals surface area contributed by atoms with Gasteiger partial charge in [0, 0.05) is 19.3 Å². The van der Waals surface area contributed by atoms with Gasteiger partial charge in [-0.2, -0.15) is 12.7 Å². The molecular weight excluding hydrogens is 270 g/mol. The fourth-order valence-corrected chi connectivity index (χ4v) is 3.22. The molecule has 0 saturated carbocycles. The van der Waals surface area contributed by atoms with E-state index in [0.717, 1.165) is 0 Å². The number of piperidine rings is 1. The van der Waals surface area contributed by atoms with Crippen LogP contribution < -0.4 is 4.72 Å². The lowest BCUT2D eigenvalue weighted by Gasteiger charge is -2.29. The van der Waals surface area contributed by atoms with E-state index in [9.17, 15) is 13.2 Å². The van der Waals surface area contributed by atoms with Crippen LogP contribution in [0, 0.1) is 5.92 Å². The predicted molar refractivity (Wildman–Crippen MR) is 68.7 cm³/mol. The van der Waals surface area contributed by atoms with Crippen LogP contribution in [0.4, 0.5) is 5.69 Å². The van der Waals surface area contributed by atoms with E-state index in [1.807, 2.05) is 0 Å². The van der Waals surface area contributed by atoms with Crippen molar-refractivity contribution < 1.29 is 18.3 Å². The summed E-state index contributed by atoms with van der Waals surface area (Å²) in [6.45, 7) is 0.430. The van der Waals surface area contributed by atoms with Gasteiger partial charge in [-0.3, -0.25) is 14.5 Å². The zero-order chi connectivity index (χ0) is 13.9. The second-order valence-electron chi connectivity index (χ2n) is 4.36. The van der Waals surface area contributed by atoms with Gasteiger partial charge in [-0.15, -0.1) is 0 Å². The molecular formula is C11H15N3O4S. The molecule has 1 aromatic rings. The number of pyridine rings is 1. The molecule has 0 aromatic carbocycles.